The zero-order valence-corrected chi connectivity index (χ0v) is 13.5. The van der Waals surface area contributed by atoms with Gasteiger partial charge in [-0.1, -0.05) is 48.2 Å². The molecule has 1 aliphatic rings. The normalized spacial score (nSPS) is 20.7. The summed E-state index contributed by atoms with van der Waals surface area (Å²) in [4.78, 5) is 4.52. The molecule has 2 N–H and O–H groups in total. The molecule has 2 unspecified atom stereocenters. The molecule has 5 heteroatoms. The highest BCUT2D eigenvalue weighted by molar-refractivity contribution is 7.99. The predicted octanol–water partition coefficient (Wildman–Crippen LogP) is 2.80. The molecule has 4 nitrogen and oxygen atoms in total. The standard InChI is InChI=1S/C17H21N3OS/c1-13-6-5-9-19-17(13)22-16(14-7-3-2-4-8-14)15-12-20(18)10-11-21-15/h2-9,15-16H,10-12,18H2,1H3. The molecule has 2 atom stereocenters. The van der Waals surface area contributed by atoms with E-state index in [-0.39, 0.29) is 11.4 Å². The second kappa shape index (κ2) is 7.24. The second-order valence-corrected chi connectivity index (χ2v) is 6.61. The van der Waals surface area contributed by atoms with Crippen molar-refractivity contribution in [2.45, 2.75) is 23.3 Å². The van der Waals surface area contributed by atoms with Gasteiger partial charge in [0.05, 0.1) is 23.0 Å². The molecule has 0 saturated carbocycles. The first-order chi connectivity index (χ1) is 10.7. The van der Waals surface area contributed by atoms with Crippen molar-refractivity contribution in [3.05, 3.63) is 59.8 Å². The number of nitrogens with two attached hydrogens (primary N) is 1. The Kier molecular flexibility index (Phi) is 5.10. The van der Waals surface area contributed by atoms with Crippen LogP contribution in [0.3, 0.4) is 0 Å². The number of rotatable bonds is 4. The monoisotopic (exact) mass is 315 g/mol. The molecule has 116 valence electrons. The molecule has 0 bridgehead atoms. The fraction of sp³-hybridized carbons (Fsp3) is 0.353. The highest BCUT2D eigenvalue weighted by atomic mass is 32.2. The molecule has 1 aliphatic heterocycles. The Bertz CT molecular complexity index is 608. The fourth-order valence-corrected chi connectivity index (χ4v) is 3.82. The second-order valence-electron chi connectivity index (χ2n) is 5.48. The molecule has 0 amide bonds. The summed E-state index contributed by atoms with van der Waals surface area (Å²) in [5.74, 6) is 5.99. The Labute approximate surface area is 135 Å². The van der Waals surface area contributed by atoms with Crippen molar-refractivity contribution in [1.29, 1.82) is 0 Å². The van der Waals surface area contributed by atoms with E-state index < -0.39 is 0 Å². The summed E-state index contributed by atoms with van der Waals surface area (Å²) in [5.41, 5.74) is 2.44. The van der Waals surface area contributed by atoms with Gasteiger partial charge in [-0.25, -0.2) is 9.99 Å². The first kappa shape index (κ1) is 15.5. The number of nitrogens with zero attached hydrogens (tertiary/aromatic N) is 2. The van der Waals surface area contributed by atoms with E-state index in [9.17, 15) is 0 Å². The summed E-state index contributed by atoms with van der Waals surface area (Å²) < 4.78 is 6.01. The minimum atomic E-state index is 0.0626. The first-order valence-corrected chi connectivity index (χ1v) is 8.36. The van der Waals surface area contributed by atoms with E-state index in [1.807, 2.05) is 23.3 Å². The summed E-state index contributed by atoms with van der Waals surface area (Å²) in [5, 5.41) is 3.07. The van der Waals surface area contributed by atoms with Crippen molar-refractivity contribution in [2.24, 2.45) is 5.84 Å². The molecule has 1 aromatic heterocycles. The SMILES string of the molecule is Cc1cccnc1SC(c1ccccc1)C1CN(N)CCO1. The smallest absolute Gasteiger partial charge is 0.0995 e. The van der Waals surface area contributed by atoms with Crippen molar-refractivity contribution < 1.29 is 4.74 Å². The Morgan fingerprint density at radius 1 is 1.27 bits per heavy atom. The predicted molar refractivity (Wildman–Crippen MR) is 89.5 cm³/mol. The van der Waals surface area contributed by atoms with Crippen molar-refractivity contribution in [2.75, 3.05) is 19.7 Å². The van der Waals surface area contributed by atoms with Gasteiger partial charge in [-0.15, -0.1) is 0 Å². The lowest BCUT2D eigenvalue weighted by Gasteiger charge is -2.34. The summed E-state index contributed by atoms with van der Waals surface area (Å²) in [6.45, 7) is 4.28. The minimum absolute atomic E-state index is 0.0626. The summed E-state index contributed by atoms with van der Waals surface area (Å²) in [7, 11) is 0. The van der Waals surface area contributed by atoms with Crippen molar-refractivity contribution in [1.82, 2.24) is 9.99 Å². The molecule has 2 heterocycles. The average Bonchev–Trinajstić information content (AvgIpc) is 2.55. The molecule has 1 aromatic carbocycles. The van der Waals surface area contributed by atoms with Gasteiger partial charge in [-0.2, -0.15) is 0 Å². The molecule has 1 saturated heterocycles. The maximum atomic E-state index is 6.01. The van der Waals surface area contributed by atoms with Crippen LogP contribution < -0.4 is 5.84 Å². The van der Waals surface area contributed by atoms with Gasteiger partial charge in [-0.05, 0) is 24.1 Å². The summed E-state index contributed by atoms with van der Waals surface area (Å²) in [6.07, 6.45) is 1.90. The average molecular weight is 315 g/mol. The number of benzene rings is 1. The Hall–Kier alpha value is -1.40. The maximum absolute atomic E-state index is 6.01. The van der Waals surface area contributed by atoms with E-state index in [1.54, 1.807) is 11.8 Å². The Morgan fingerprint density at radius 3 is 2.82 bits per heavy atom. The highest BCUT2D eigenvalue weighted by Crippen LogP contribution is 2.39. The molecule has 0 spiro atoms. The lowest BCUT2D eigenvalue weighted by Crippen LogP contribution is -2.47. The Balaban J connectivity index is 1.88. The number of ether oxygens (including phenoxy) is 1. The maximum Gasteiger partial charge on any atom is 0.0995 e. The topological polar surface area (TPSA) is 51.4 Å². The van der Waals surface area contributed by atoms with Crippen molar-refractivity contribution >= 4 is 11.8 Å². The van der Waals surface area contributed by atoms with E-state index in [4.69, 9.17) is 10.6 Å². The van der Waals surface area contributed by atoms with Crippen molar-refractivity contribution in [3.8, 4) is 0 Å². The minimum Gasteiger partial charge on any atom is -0.374 e. The molecule has 0 radical (unpaired) electrons. The van der Waals surface area contributed by atoms with Gasteiger partial charge in [0.15, 0.2) is 0 Å². The van der Waals surface area contributed by atoms with Crippen LogP contribution in [-0.2, 0) is 4.74 Å². The van der Waals surface area contributed by atoms with E-state index >= 15 is 0 Å². The molecule has 1 fully saturated rings. The molecular weight excluding hydrogens is 294 g/mol. The van der Waals surface area contributed by atoms with Gasteiger partial charge in [0.2, 0.25) is 0 Å². The third-order valence-electron chi connectivity index (χ3n) is 3.79. The zero-order chi connectivity index (χ0) is 15.4. The largest absolute Gasteiger partial charge is 0.374 e. The summed E-state index contributed by atoms with van der Waals surface area (Å²) in [6, 6.07) is 14.5. The van der Waals surface area contributed by atoms with Crippen LogP contribution in [0.5, 0.6) is 0 Å². The van der Waals surface area contributed by atoms with Gasteiger partial charge in [0.25, 0.3) is 0 Å². The third kappa shape index (κ3) is 3.67. The Morgan fingerprint density at radius 2 is 2.09 bits per heavy atom. The van der Waals surface area contributed by atoms with Gasteiger partial charge >= 0.3 is 0 Å². The van der Waals surface area contributed by atoms with Crippen LogP contribution in [0.1, 0.15) is 16.4 Å². The quantitative estimate of drug-likeness (QED) is 0.694. The number of pyridine rings is 1. The van der Waals surface area contributed by atoms with Crippen LogP contribution in [0, 0.1) is 6.92 Å². The molecule has 3 rings (SSSR count). The number of hydrazine groups is 1. The number of hydrogen-bond donors (Lipinski definition) is 1. The van der Waals surface area contributed by atoms with Gasteiger partial charge in [0.1, 0.15) is 0 Å². The van der Waals surface area contributed by atoms with E-state index in [2.05, 4.69) is 42.2 Å². The van der Waals surface area contributed by atoms with Gasteiger partial charge < -0.3 is 4.74 Å². The highest BCUT2D eigenvalue weighted by Gasteiger charge is 2.30. The number of aryl methyl sites for hydroxylation is 1. The van der Waals surface area contributed by atoms with E-state index in [1.165, 1.54) is 11.1 Å². The molecule has 22 heavy (non-hydrogen) atoms. The number of aromatic nitrogens is 1. The molecule has 2 aromatic rings. The van der Waals surface area contributed by atoms with Crippen LogP contribution in [0.4, 0.5) is 0 Å². The zero-order valence-electron chi connectivity index (χ0n) is 12.7. The van der Waals surface area contributed by atoms with Crippen LogP contribution in [0.25, 0.3) is 0 Å². The lowest BCUT2D eigenvalue weighted by molar-refractivity contribution is -0.0295. The van der Waals surface area contributed by atoms with Crippen molar-refractivity contribution in [3.63, 3.8) is 0 Å². The third-order valence-corrected chi connectivity index (χ3v) is 5.27. The van der Waals surface area contributed by atoms with Crippen LogP contribution in [0.2, 0.25) is 0 Å². The molecule has 0 aliphatic carbocycles. The number of hydrogen-bond acceptors (Lipinski definition) is 5. The molecular formula is C17H21N3OS. The van der Waals surface area contributed by atoms with Crippen LogP contribution >= 0.6 is 11.8 Å². The number of thioether (sulfide) groups is 1. The van der Waals surface area contributed by atoms with Gasteiger partial charge in [-0.3, -0.25) is 5.84 Å². The first-order valence-electron chi connectivity index (χ1n) is 7.48. The lowest BCUT2D eigenvalue weighted by atomic mass is 10.1. The van der Waals surface area contributed by atoms with E-state index in [0.717, 1.165) is 18.1 Å². The number of morpholine rings is 1. The van der Waals surface area contributed by atoms with E-state index in [0.29, 0.717) is 6.61 Å². The fourth-order valence-electron chi connectivity index (χ4n) is 2.60. The summed E-state index contributed by atoms with van der Waals surface area (Å²) >= 11 is 1.76. The van der Waals surface area contributed by atoms with Crippen LogP contribution in [-0.4, -0.2) is 35.8 Å². The van der Waals surface area contributed by atoms with Crippen LogP contribution in [0.15, 0.2) is 53.7 Å². The van der Waals surface area contributed by atoms with Gasteiger partial charge in [0, 0.05) is 19.3 Å².